The second kappa shape index (κ2) is 5.70. The van der Waals surface area contributed by atoms with Gasteiger partial charge in [0, 0.05) is 17.6 Å². The van der Waals surface area contributed by atoms with E-state index in [1.165, 1.54) is 0 Å². The Labute approximate surface area is 92.7 Å². The summed E-state index contributed by atoms with van der Waals surface area (Å²) in [6.45, 7) is 4.23. The van der Waals surface area contributed by atoms with Crippen LogP contribution in [0.15, 0.2) is 15.9 Å². The Morgan fingerprint density at radius 1 is 1.64 bits per heavy atom. The van der Waals surface area contributed by atoms with E-state index in [4.69, 9.17) is 5.73 Å². The van der Waals surface area contributed by atoms with E-state index in [2.05, 4.69) is 18.8 Å². The molecule has 0 saturated heterocycles. The van der Waals surface area contributed by atoms with Gasteiger partial charge in [-0.1, -0.05) is 25.6 Å². The maximum atomic E-state index is 9.22. The first-order valence-corrected chi connectivity index (χ1v) is 6.33. The van der Waals surface area contributed by atoms with Gasteiger partial charge in [-0.25, -0.2) is 4.98 Å². The molecule has 0 aliphatic rings. The van der Waals surface area contributed by atoms with Gasteiger partial charge in [-0.05, 0) is 5.92 Å². The standard InChI is InChI=1S/C9H16N2OS2/c1-6(2)8(10)7(5-12)14-9-11-3-4-13-9/h3-4,6-8,12H,5,10H2,1-2H3. The number of thiazole rings is 1. The molecule has 80 valence electrons. The Bertz CT molecular complexity index is 251. The molecule has 0 aliphatic heterocycles. The van der Waals surface area contributed by atoms with Crippen LogP contribution in [0.5, 0.6) is 0 Å². The Hall–Kier alpha value is -0.100. The smallest absolute Gasteiger partial charge is 0.150 e. The summed E-state index contributed by atoms with van der Waals surface area (Å²) in [5.74, 6) is 0.375. The molecular formula is C9H16N2OS2. The van der Waals surface area contributed by atoms with Crippen molar-refractivity contribution in [1.29, 1.82) is 0 Å². The molecule has 0 amide bonds. The summed E-state index contributed by atoms with van der Waals surface area (Å²) in [6, 6.07) is 0.00824. The highest BCUT2D eigenvalue weighted by atomic mass is 32.2. The molecule has 2 atom stereocenters. The molecule has 1 rings (SSSR count). The Balaban J connectivity index is 2.55. The lowest BCUT2D eigenvalue weighted by Gasteiger charge is -2.23. The zero-order valence-corrected chi connectivity index (χ0v) is 10.0. The third kappa shape index (κ3) is 3.24. The fourth-order valence-electron chi connectivity index (χ4n) is 1.06. The number of nitrogens with two attached hydrogens (primary N) is 1. The highest BCUT2D eigenvalue weighted by molar-refractivity contribution is 8.01. The SMILES string of the molecule is CC(C)C(N)C(CO)Sc1nccs1. The second-order valence-electron chi connectivity index (χ2n) is 3.46. The summed E-state index contributed by atoms with van der Waals surface area (Å²) in [6.07, 6.45) is 1.77. The van der Waals surface area contributed by atoms with Crippen molar-refractivity contribution in [2.75, 3.05) is 6.61 Å². The number of rotatable bonds is 5. The zero-order chi connectivity index (χ0) is 10.6. The Kier molecular flexibility index (Phi) is 4.88. The summed E-state index contributed by atoms with van der Waals surface area (Å²) in [5, 5.41) is 11.2. The van der Waals surface area contributed by atoms with Crippen molar-refractivity contribution in [2.45, 2.75) is 29.5 Å². The van der Waals surface area contributed by atoms with E-state index < -0.39 is 0 Å². The molecule has 0 bridgehead atoms. The van der Waals surface area contributed by atoms with Crippen LogP contribution in [0.25, 0.3) is 0 Å². The van der Waals surface area contributed by atoms with Gasteiger partial charge in [0.15, 0.2) is 0 Å². The molecule has 1 aromatic heterocycles. The average molecular weight is 232 g/mol. The number of nitrogens with zero attached hydrogens (tertiary/aromatic N) is 1. The normalized spacial score (nSPS) is 15.8. The van der Waals surface area contributed by atoms with Crippen molar-refractivity contribution in [3.63, 3.8) is 0 Å². The van der Waals surface area contributed by atoms with Crippen LogP contribution in [0.1, 0.15) is 13.8 Å². The lowest BCUT2D eigenvalue weighted by molar-refractivity contribution is 0.269. The van der Waals surface area contributed by atoms with Crippen LogP contribution >= 0.6 is 23.1 Å². The summed E-state index contributed by atoms with van der Waals surface area (Å²) >= 11 is 3.15. The number of aliphatic hydroxyl groups excluding tert-OH is 1. The van der Waals surface area contributed by atoms with E-state index in [0.29, 0.717) is 5.92 Å². The number of hydrogen-bond acceptors (Lipinski definition) is 5. The van der Waals surface area contributed by atoms with Crippen LogP contribution in [-0.4, -0.2) is 28.0 Å². The number of aromatic nitrogens is 1. The average Bonchev–Trinajstić information content (AvgIpc) is 2.65. The molecule has 0 fully saturated rings. The molecule has 0 aromatic carbocycles. The Morgan fingerprint density at radius 3 is 2.79 bits per heavy atom. The highest BCUT2D eigenvalue weighted by Crippen LogP contribution is 2.28. The maximum Gasteiger partial charge on any atom is 0.150 e. The lowest BCUT2D eigenvalue weighted by Crippen LogP contribution is -2.39. The van der Waals surface area contributed by atoms with E-state index in [-0.39, 0.29) is 17.9 Å². The fraction of sp³-hybridized carbons (Fsp3) is 0.667. The first kappa shape index (κ1) is 12.0. The van der Waals surface area contributed by atoms with E-state index >= 15 is 0 Å². The lowest BCUT2D eigenvalue weighted by atomic mass is 10.0. The van der Waals surface area contributed by atoms with Crippen molar-refractivity contribution in [1.82, 2.24) is 4.98 Å². The van der Waals surface area contributed by atoms with E-state index in [1.54, 1.807) is 29.3 Å². The van der Waals surface area contributed by atoms with Crippen LogP contribution in [0.4, 0.5) is 0 Å². The van der Waals surface area contributed by atoms with Crippen LogP contribution in [0.3, 0.4) is 0 Å². The summed E-state index contributed by atoms with van der Waals surface area (Å²) in [7, 11) is 0. The summed E-state index contributed by atoms with van der Waals surface area (Å²) in [5.41, 5.74) is 5.98. The zero-order valence-electron chi connectivity index (χ0n) is 8.38. The molecule has 5 heteroatoms. The van der Waals surface area contributed by atoms with Crippen LogP contribution in [0, 0.1) is 5.92 Å². The van der Waals surface area contributed by atoms with Crippen molar-refractivity contribution in [2.24, 2.45) is 11.7 Å². The molecule has 14 heavy (non-hydrogen) atoms. The topological polar surface area (TPSA) is 59.1 Å². The first-order valence-electron chi connectivity index (χ1n) is 4.57. The van der Waals surface area contributed by atoms with Crippen LogP contribution < -0.4 is 5.73 Å². The van der Waals surface area contributed by atoms with Crippen molar-refractivity contribution < 1.29 is 5.11 Å². The van der Waals surface area contributed by atoms with Crippen molar-refractivity contribution >= 4 is 23.1 Å². The van der Waals surface area contributed by atoms with Gasteiger partial charge in [-0.15, -0.1) is 11.3 Å². The fourth-order valence-corrected chi connectivity index (χ4v) is 3.11. The predicted molar refractivity (Wildman–Crippen MR) is 61.7 cm³/mol. The van der Waals surface area contributed by atoms with Gasteiger partial charge in [0.2, 0.25) is 0 Å². The molecule has 0 saturated carbocycles. The maximum absolute atomic E-state index is 9.22. The Morgan fingerprint density at radius 2 is 2.36 bits per heavy atom. The summed E-state index contributed by atoms with van der Waals surface area (Å²) < 4.78 is 0.972. The molecule has 0 spiro atoms. The minimum absolute atomic E-state index is 0.00824. The van der Waals surface area contributed by atoms with Crippen LogP contribution in [0.2, 0.25) is 0 Å². The number of aliphatic hydroxyl groups is 1. The van der Waals surface area contributed by atoms with Gasteiger partial charge in [-0.3, -0.25) is 0 Å². The largest absolute Gasteiger partial charge is 0.395 e. The molecule has 1 heterocycles. The van der Waals surface area contributed by atoms with Gasteiger partial charge in [0.1, 0.15) is 4.34 Å². The van der Waals surface area contributed by atoms with Crippen LogP contribution in [-0.2, 0) is 0 Å². The monoisotopic (exact) mass is 232 g/mol. The minimum Gasteiger partial charge on any atom is -0.395 e. The molecular weight excluding hydrogens is 216 g/mol. The second-order valence-corrected chi connectivity index (χ2v) is 5.84. The van der Waals surface area contributed by atoms with E-state index in [0.717, 1.165) is 4.34 Å². The molecule has 3 nitrogen and oxygen atoms in total. The van der Waals surface area contributed by atoms with Gasteiger partial charge in [0.05, 0.1) is 11.9 Å². The number of thioether (sulfide) groups is 1. The molecule has 3 N–H and O–H groups in total. The quantitative estimate of drug-likeness (QED) is 0.757. The number of hydrogen-bond donors (Lipinski definition) is 2. The molecule has 2 unspecified atom stereocenters. The van der Waals surface area contributed by atoms with Gasteiger partial charge in [-0.2, -0.15) is 0 Å². The van der Waals surface area contributed by atoms with Crippen molar-refractivity contribution in [3.05, 3.63) is 11.6 Å². The highest BCUT2D eigenvalue weighted by Gasteiger charge is 2.21. The predicted octanol–water partition coefficient (Wildman–Crippen LogP) is 1.58. The third-order valence-corrected chi connectivity index (χ3v) is 4.26. The molecule has 0 radical (unpaired) electrons. The van der Waals surface area contributed by atoms with Gasteiger partial charge in [0.25, 0.3) is 0 Å². The summed E-state index contributed by atoms with van der Waals surface area (Å²) in [4.78, 5) is 4.16. The minimum atomic E-state index is 0.00824. The van der Waals surface area contributed by atoms with E-state index in [1.807, 2.05) is 5.38 Å². The van der Waals surface area contributed by atoms with E-state index in [9.17, 15) is 5.11 Å². The third-order valence-electron chi connectivity index (χ3n) is 2.04. The van der Waals surface area contributed by atoms with Gasteiger partial charge >= 0.3 is 0 Å². The van der Waals surface area contributed by atoms with Crippen molar-refractivity contribution in [3.8, 4) is 0 Å². The first-order chi connectivity index (χ1) is 6.65. The molecule has 0 aliphatic carbocycles. The van der Waals surface area contributed by atoms with Gasteiger partial charge < -0.3 is 10.8 Å². The molecule has 1 aromatic rings.